The fraction of sp³-hybridized carbons (Fsp3) is 0.421. The Morgan fingerprint density at radius 2 is 2.00 bits per heavy atom. The van der Waals surface area contributed by atoms with E-state index >= 15 is 0 Å². The second-order valence-corrected chi connectivity index (χ2v) is 6.43. The third-order valence-corrected chi connectivity index (χ3v) is 5.15. The molecule has 2 aromatic rings. The van der Waals surface area contributed by atoms with Gasteiger partial charge in [-0.25, -0.2) is 0 Å². The van der Waals surface area contributed by atoms with E-state index in [4.69, 9.17) is 4.74 Å². The zero-order valence-electron chi connectivity index (χ0n) is 14.4. The quantitative estimate of drug-likeness (QED) is 0.912. The Morgan fingerprint density at radius 3 is 2.62 bits per heavy atom. The summed E-state index contributed by atoms with van der Waals surface area (Å²) < 4.78 is 5.55. The monoisotopic (exact) mass is 322 g/mol. The van der Waals surface area contributed by atoms with Gasteiger partial charge < -0.3 is 10.1 Å². The minimum Gasteiger partial charge on any atom is -0.496 e. The maximum absolute atomic E-state index is 9.45. The molecule has 0 aliphatic heterocycles. The molecule has 0 saturated heterocycles. The molecular formula is C19H22N4O. The molecule has 5 heteroatoms. The largest absolute Gasteiger partial charge is 0.496 e. The molecule has 3 rings (SSSR count). The Bertz CT molecular complexity index is 790. The molecule has 1 aliphatic carbocycles. The number of para-hydroxylation sites is 1. The summed E-state index contributed by atoms with van der Waals surface area (Å²) in [6.45, 7) is 4.50. The van der Waals surface area contributed by atoms with Crippen LogP contribution in [0.25, 0.3) is 0 Å². The number of methoxy groups -OCH3 is 1. The Kier molecular flexibility index (Phi) is 4.39. The number of benzene rings is 1. The highest BCUT2D eigenvalue weighted by atomic mass is 16.5. The average molecular weight is 322 g/mol. The molecule has 124 valence electrons. The van der Waals surface area contributed by atoms with Gasteiger partial charge in [-0.15, -0.1) is 5.10 Å². The summed E-state index contributed by atoms with van der Waals surface area (Å²) in [5, 5.41) is 21.2. The lowest BCUT2D eigenvalue weighted by molar-refractivity contribution is 0.250. The lowest BCUT2D eigenvalue weighted by Crippen LogP contribution is -2.41. The van der Waals surface area contributed by atoms with Crippen LogP contribution < -0.4 is 10.1 Å². The van der Waals surface area contributed by atoms with Crippen LogP contribution in [-0.2, 0) is 5.41 Å². The van der Waals surface area contributed by atoms with Gasteiger partial charge in [0.2, 0.25) is 0 Å². The molecule has 1 heterocycles. The number of nitriles is 1. The highest BCUT2D eigenvalue weighted by molar-refractivity contribution is 5.56. The Balaban J connectivity index is 1.88. The van der Waals surface area contributed by atoms with E-state index < -0.39 is 0 Å². The molecule has 1 aromatic heterocycles. The van der Waals surface area contributed by atoms with E-state index in [0.29, 0.717) is 11.4 Å². The van der Waals surface area contributed by atoms with Gasteiger partial charge in [0.25, 0.3) is 0 Å². The van der Waals surface area contributed by atoms with E-state index in [1.54, 1.807) is 7.11 Å². The second kappa shape index (κ2) is 6.48. The summed E-state index contributed by atoms with van der Waals surface area (Å²) in [5.74, 6) is 1.49. The first kappa shape index (κ1) is 16.3. The normalized spacial score (nSPS) is 15.2. The minimum absolute atomic E-state index is 0.0276. The maximum atomic E-state index is 9.45. The molecular weight excluding hydrogens is 300 g/mol. The molecule has 0 amide bonds. The fourth-order valence-corrected chi connectivity index (χ4v) is 3.35. The number of rotatable bonds is 5. The SMILES string of the molecule is COc1ccccc1C1(CNc2nnc(C)c(C)c2C#N)CCC1. The van der Waals surface area contributed by atoms with Crippen LogP contribution in [0.3, 0.4) is 0 Å². The van der Waals surface area contributed by atoms with Crippen LogP contribution in [-0.4, -0.2) is 23.9 Å². The number of nitrogens with one attached hydrogen (secondary N) is 1. The highest BCUT2D eigenvalue weighted by Crippen LogP contribution is 2.47. The van der Waals surface area contributed by atoms with Gasteiger partial charge in [0, 0.05) is 17.5 Å². The summed E-state index contributed by atoms with van der Waals surface area (Å²) in [5.41, 5.74) is 3.51. The van der Waals surface area contributed by atoms with Crippen molar-refractivity contribution < 1.29 is 4.74 Å². The number of anilines is 1. The summed E-state index contributed by atoms with van der Waals surface area (Å²) in [6, 6.07) is 10.4. The van der Waals surface area contributed by atoms with E-state index in [-0.39, 0.29) is 5.41 Å². The minimum atomic E-state index is 0.0276. The van der Waals surface area contributed by atoms with E-state index in [0.717, 1.165) is 36.4 Å². The van der Waals surface area contributed by atoms with E-state index in [1.807, 2.05) is 26.0 Å². The Labute approximate surface area is 142 Å². The van der Waals surface area contributed by atoms with Crippen molar-refractivity contribution in [3.8, 4) is 11.8 Å². The molecule has 0 radical (unpaired) electrons. The summed E-state index contributed by atoms with van der Waals surface area (Å²) in [7, 11) is 1.71. The van der Waals surface area contributed by atoms with E-state index in [1.165, 1.54) is 12.0 Å². The third kappa shape index (κ3) is 2.69. The van der Waals surface area contributed by atoms with Crippen LogP contribution in [0.5, 0.6) is 5.75 Å². The predicted octanol–water partition coefficient (Wildman–Crippen LogP) is 3.51. The number of aryl methyl sites for hydroxylation is 1. The number of hydrogen-bond acceptors (Lipinski definition) is 5. The third-order valence-electron chi connectivity index (χ3n) is 5.15. The smallest absolute Gasteiger partial charge is 0.166 e. The van der Waals surface area contributed by atoms with Crippen LogP contribution in [0.4, 0.5) is 5.82 Å². The standard InChI is InChI=1S/C19H22N4O/c1-13-14(2)22-23-18(15(13)11-20)21-12-19(9-6-10-19)16-7-4-5-8-17(16)24-3/h4-5,7-8H,6,9-10,12H2,1-3H3,(H,21,23). The second-order valence-electron chi connectivity index (χ2n) is 6.43. The first-order chi connectivity index (χ1) is 11.6. The predicted molar refractivity (Wildman–Crippen MR) is 93.2 cm³/mol. The van der Waals surface area contributed by atoms with Gasteiger partial charge in [-0.1, -0.05) is 24.6 Å². The molecule has 1 saturated carbocycles. The molecule has 1 N–H and O–H groups in total. The zero-order chi connectivity index (χ0) is 17.2. The van der Waals surface area contributed by atoms with Gasteiger partial charge in [0.1, 0.15) is 17.4 Å². The summed E-state index contributed by atoms with van der Waals surface area (Å²) in [6.07, 6.45) is 3.39. The molecule has 0 bridgehead atoms. The first-order valence-electron chi connectivity index (χ1n) is 8.22. The van der Waals surface area contributed by atoms with Gasteiger partial charge in [-0.3, -0.25) is 0 Å². The van der Waals surface area contributed by atoms with Crippen LogP contribution in [0, 0.1) is 25.2 Å². The topological polar surface area (TPSA) is 70.8 Å². The lowest BCUT2D eigenvalue weighted by Gasteiger charge is -2.43. The van der Waals surface area contributed by atoms with Gasteiger partial charge in [-0.05, 0) is 38.3 Å². The first-order valence-corrected chi connectivity index (χ1v) is 8.22. The summed E-state index contributed by atoms with van der Waals surface area (Å²) >= 11 is 0. The summed E-state index contributed by atoms with van der Waals surface area (Å²) in [4.78, 5) is 0. The Morgan fingerprint density at radius 1 is 1.25 bits per heavy atom. The van der Waals surface area contributed by atoms with Gasteiger partial charge >= 0.3 is 0 Å². The van der Waals surface area contributed by atoms with E-state index in [2.05, 4.69) is 33.7 Å². The van der Waals surface area contributed by atoms with Crippen molar-refractivity contribution in [1.29, 1.82) is 5.26 Å². The van der Waals surface area contributed by atoms with Crippen molar-refractivity contribution in [2.24, 2.45) is 0 Å². The van der Waals surface area contributed by atoms with Crippen molar-refractivity contribution >= 4 is 5.82 Å². The molecule has 0 atom stereocenters. The van der Waals surface area contributed by atoms with Crippen molar-refractivity contribution in [2.75, 3.05) is 19.0 Å². The Hall–Kier alpha value is -2.61. The zero-order valence-corrected chi connectivity index (χ0v) is 14.4. The molecule has 1 aromatic carbocycles. The number of nitrogens with zero attached hydrogens (tertiary/aromatic N) is 3. The van der Waals surface area contributed by atoms with Crippen LogP contribution in [0.2, 0.25) is 0 Å². The number of aromatic nitrogens is 2. The average Bonchev–Trinajstić information content (AvgIpc) is 2.57. The van der Waals surface area contributed by atoms with Crippen LogP contribution in [0.1, 0.15) is 41.6 Å². The fourth-order valence-electron chi connectivity index (χ4n) is 3.35. The van der Waals surface area contributed by atoms with Crippen molar-refractivity contribution in [3.63, 3.8) is 0 Å². The van der Waals surface area contributed by atoms with E-state index in [9.17, 15) is 5.26 Å². The van der Waals surface area contributed by atoms with Crippen LogP contribution >= 0.6 is 0 Å². The molecule has 0 spiro atoms. The number of ether oxygens (including phenoxy) is 1. The van der Waals surface area contributed by atoms with Gasteiger partial charge in [0.15, 0.2) is 5.82 Å². The van der Waals surface area contributed by atoms with Crippen molar-refractivity contribution in [2.45, 2.75) is 38.5 Å². The van der Waals surface area contributed by atoms with Crippen LogP contribution in [0.15, 0.2) is 24.3 Å². The molecule has 24 heavy (non-hydrogen) atoms. The molecule has 1 aliphatic rings. The van der Waals surface area contributed by atoms with Crippen molar-refractivity contribution in [1.82, 2.24) is 10.2 Å². The van der Waals surface area contributed by atoms with Crippen molar-refractivity contribution in [3.05, 3.63) is 46.6 Å². The maximum Gasteiger partial charge on any atom is 0.166 e. The number of hydrogen-bond donors (Lipinski definition) is 1. The molecule has 1 fully saturated rings. The molecule has 5 nitrogen and oxygen atoms in total. The van der Waals surface area contributed by atoms with Gasteiger partial charge in [-0.2, -0.15) is 10.4 Å². The lowest BCUT2D eigenvalue weighted by atomic mass is 9.64. The van der Waals surface area contributed by atoms with Gasteiger partial charge in [0.05, 0.1) is 12.8 Å². The highest BCUT2D eigenvalue weighted by Gasteiger charge is 2.40. The molecule has 0 unspecified atom stereocenters.